The summed E-state index contributed by atoms with van der Waals surface area (Å²) in [6.07, 6.45) is 5.17. The Balaban J connectivity index is 1.96. The number of aryl methyl sites for hydroxylation is 1. The van der Waals surface area contributed by atoms with Crippen molar-refractivity contribution in [3.05, 3.63) is 12.0 Å². The maximum Gasteiger partial charge on any atom is 0.260 e. The quantitative estimate of drug-likeness (QED) is 0.839. The van der Waals surface area contributed by atoms with Gasteiger partial charge in [0.25, 0.3) is 10.0 Å². The number of fused-ring (bicyclic) bond motifs is 2. The molecule has 2 saturated heterocycles. The summed E-state index contributed by atoms with van der Waals surface area (Å²) in [7, 11) is -3.41. The van der Waals surface area contributed by atoms with Crippen LogP contribution in [0, 0.1) is 6.92 Å². The Morgan fingerprint density at radius 2 is 2.00 bits per heavy atom. The lowest BCUT2D eigenvalue weighted by Gasteiger charge is -2.35. The van der Waals surface area contributed by atoms with Gasteiger partial charge in [0, 0.05) is 16.9 Å². The first-order chi connectivity index (χ1) is 8.48. The maximum absolute atomic E-state index is 12.6. The second-order valence-corrected chi connectivity index (χ2v) is 8.23. The molecule has 0 aromatic carbocycles. The highest BCUT2D eigenvalue weighted by atomic mass is 79.9. The van der Waals surface area contributed by atoms with Crippen LogP contribution in [0.2, 0.25) is 0 Å². The Bertz CT molecular complexity index is 542. The molecule has 0 amide bonds. The van der Waals surface area contributed by atoms with Crippen molar-refractivity contribution in [3.8, 4) is 0 Å². The van der Waals surface area contributed by atoms with E-state index >= 15 is 0 Å². The van der Waals surface area contributed by atoms with Crippen LogP contribution in [0.15, 0.2) is 11.2 Å². The highest BCUT2D eigenvalue weighted by Crippen LogP contribution is 2.41. The second-order valence-electron chi connectivity index (χ2n) is 5.12. The number of piperidine rings is 1. The van der Waals surface area contributed by atoms with Gasteiger partial charge in [0.15, 0.2) is 5.03 Å². The van der Waals surface area contributed by atoms with Crippen molar-refractivity contribution in [2.24, 2.45) is 0 Å². The van der Waals surface area contributed by atoms with Gasteiger partial charge in [0.05, 0.1) is 6.20 Å². The number of aromatic nitrogens is 2. The smallest absolute Gasteiger partial charge is 0.260 e. The summed E-state index contributed by atoms with van der Waals surface area (Å²) in [6, 6.07) is 0.281. The number of alkyl halides is 1. The van der Waals surface area contributed by atoms with E-state index in [9.17, 15) is 8.42 Å². The number of hydrogen-bond donors (Lipinski definition) is 1. The molecule has 18 heavy (non-hydrogen) atoms. The molecular formula is C11H16BrN3O2S. The molecule has 0 aliphatic carbocycles. The van der Waals surface area contributed by atoms with Gasteiger partial charge in [-0.15, -0.1) is 0 Å². The number of rotatable bonds is 2. The number of sulfonamides is 1. The number of halogens is 1. The molecule has 2 bridgehead atoms. The lowest BCUT2D eigenvalue weighted by molar-refractivity contribution is 0.254. The summed E-state index contributed by atoms with van der Waals surface area (Å²) < 4.78 is 26.9. The van der Waals surface area contributed by atoms with Gasteiger partial charge in [-0.1, -0.05) is 15.9 Å². The molecule has 100 valence electrons. The molecular weight excluding hydrogens is 318 g/mol. The number of nitrogens with zero attached hydrogens (tertiary/aromatic N) is 2. The molecule has 2 aliphatic heterocycles. The molecule has 0 spiro atoms. The van der Waals surface area contributed by atoms with Crippen LogP contribution in [0.25, 0.3) is 0 Å². The highest BCUT2D eigenvalue weighted by molar-refractivity contribution is 9.09. The van der Waals surface area contributed by atoms with E-state index in [0.717, 1.165) is 25.7 Å². The van der Waals surface area contributed by atoms with Gasteiger partial charge in [0.1, 0.15) is 5.82 Å². The number of nitrogens with one attached hydrogen (secondary N) is 1. The van der Waals surface area contributed by atoms with Crippen LogP contribution in [0.5, 0.6) is 0 Å². The van der Waals surface area contributed by atoms with E-state index in [1.54, 1.807) is 11.2 Å². The van der Waals surface area contributed by atoms with Crippen LogP contribution in [-0.2, 0) is 10.0 Å². The van der Waals surface area contributed by atoms with E-state index in [-0.39, 0.29) is 17.1 Å². The lowest BCUT2D eigenvalue weighted by Crippen LogP contribution is -2.46. The molecule has 7 heteroatoms. The molecule has 1 N–H and O–H groups in total. The van der Waals surface area contributed by atoms with Crippen molar-refractivity contribution in [3.63, 3.8) is 0 Å². The molecule has 2 unspecified atom stereocenters. The fourth-order valence-corrected chi connectivity index (χ4v) is 5.82. The molecule has 2 atom stereocenters. The summed E-state index contributed by atoms with van der Waals surface area (Å²) in [5.74, 6) is 0.635. The first-order valence-corrected chi connectivity index (χ1v) is 8.53. The molecule has 0 saturated carbocycles. The third-order valence-electron chi connectivity index (χ3n) is 3.84. The van der Waals surface area contributed by atoms with Crippen molar-refractivity contribution in [1.29, 1.82) is 0 Å². The van der Waals surface area contributed by atoms with Gasteiger partial charge in [-0.2, -0.15) is 4.31 Å². The van der Waals surface area contributed by atoms with Gasteiger partial charge in [0.2, 0.25) is 0 Å². The van der Waals surface area contributed by atoms with Crippen LogP contribution in [0.1, 0.15) is 31.5 Å². The monoisotopic (exact) mass is 333 g/mol. The van der Waals surface area contributed by atoms with Crippen LogP contribution >= 0.6 is 15.9 Å². The van der Waals surface area contributed by atoms with Crippen LogP contribution < -0.4 is 0 Å². The normalized spacial score (nSPS) is 32.9. The Labute approximate surface area is 115 Å². The van der Waals surface area contributed by atoms with E-state index in [1.807, 2.05) is 0 Å². The molecule has 2 fully saturated rings. The van der Waals surface area contributed by atoms with E-state index in [4.69, 9.17) is 0 Å². The highest BCUT2D eigenvalue weighted by Gasteiger charge is 2.47. The fraction of sp³-hybridized carbons (Fsp3) is 0.727. The first-order valence-electron chi connectivity index (χ1n) is 6.17. The minimum Gasteiger partial charge on any atom is -0.332 e. The van der Waals surface area contributed by atoms with E-state index < -0.39 is 10.0 Å². The maximum atomic E-state index is 12.6. The summed E-state index contributed by atoms with van der Waals surface area (Å²) >= 11 is 3.62. The SMILES string of the molecule is Cc1ncc(S(=O)(=O)N2C3CCC2CC(Br)C3)[nH]1. The van der Waals surface area contributed by atoms with E-state index in [1.165, 1.54) is 6.20 Å². The van der Waals surface area contributed by atoms with E-state index in [0.29, 0.717) is 10.7 Å². The van der Waals surface area contributed by atoms with Crippen molar-refractivity contribution < 1.29 is 8.42 Å². The predicted octanol–water partition coefficient (Wildman–Crippen LogP) is 1.80. The lowest BCUT2D eigenvalue weighted by atomic mass is 10.1. The number of hydrogen-bond acceptors (Lipinski definition) is 3. The van der Waals surface area contributed by atoms with Gasteiger partial charge >= 0.3 is 0 Å². The minimum atomic E-state index is -3.41. The Hall–Kier alpha value is -0.400. The van der Waals surface area contributed by atoms with Crippen molar-refractivity contribution >= 4 is 26.0 Å². The fourth-order valence-electron chi connectivity index (χ4n) is 3.10. The largest absolute Gasteiger partial charge is 0.332 e. The first kappa shape index (κ1) is 12.6. The summed E-state index contributed by atoms with van der Waals surface area (Å²) in [5, 5.41) is 0.227. The number of imidazole rings is 1. The van der Waals surface area contributed by atoms with Crippen LogP contribution in [0.4, 0.5) is 0 Å². The van der Waals surface area contributed by atoms with Gasteiger partial charge in [-0.3, -0.25) is 0 Å². The molecule has 3 heterocycles. The zero-order valence-corrected chi connectivity index (χ0v) is 12.5. The third-order valence-corrected chi connectivity index (χ3v) is 6.51. The third kappa shape index (κ3) is 1.92. The molecule has 0 radical (unpaired) electrons. The average Bonchev–Trinajstić information content (AvgIpc) is 2.83. The van der Waals surface area contributed by atoms with E-state index in [2.05, 4.69) is 25.9 Å². The molecule has 3 rings (SSSR count). The Kier molecular flexibility index (Phi) is 3.03. The summed E-state index contributed by atoms with van der Waals surface area (Å²) in [5.41, 5.74) is 0. The predicted molar refractivity (Wildman–Crippen MR) is 71.1 cm³/mol. The van der Waals surface area contributed by atoms with Crippen molar-refractivity contribution in [2.45, 2.75) is 54.5 Å². The van der Waals surface area contributed by atoms with Crippen molar-refractivity contribution in [2.75, 3.05) is 0 Å². The second kappa shape index (κ2) is 4.31. The van der Waals surface area contributed by atoms with Crippen LogP contribution in [0.3, 0.4) is 0 Å². The summed E-state index contributed by atoms with van der Waals surface area (Å²) in [6.45, 7) is 1.76. The zero-order valence-electron chi connectivity index (χ0n) is 10.1. The van der Waals surface area contributed by atoms with Gasteiger partial charge in [-0.25, -0.2) is 13.4 Å². The molecule has 1 aromatic rings. The standard InChI is InChI=1S/C11H16BrN3O2S/c1-7-13-6-11(14-7)18(16,17)15-9-2-3-10(15)5-8(12)4-9/h6,8-10H,2-5H2,1H3,(H,13,14). The number of aromatic amines is 1. The van der Waals surface area contributed by atoms with Crippen molar-refractivity contribution in [1.82, 2.24) is 14.3 Å². The Morgan fingerprint density at radius 1 is 1.39 bits per heavy atom. The number of H-pyrrole nitrogens is 1. The average molecular weight is 334 g/mol. The topological polar surface area (TPSA) is 66.1 Å². The minimum absolute atomic E-state index is 0.140. The van der Waals surface area contributed by atoms with Gasteiger partial charge < -0.3 is 4.98 Å². The molecule has 5 nitrogen and oxygen atoms in total. The van der Waals surface area contributed by atoms with Gasteiger partial charge in [-0.05, 0) is 32.6 Å². The van der Waals surface area contributed by atoms with Crippen LogP contribution in [-0.4, -0.2) is 39.6 Å². The molecule has 1 aromatic heterocycles. The summed E-state index contributed by atoms with van der Waals surface area (Å²) in [4.78, 5) is 7.28. The molecule has 2 aliphatic rings. The zero-order chi connectivity index (χ0) is 12.9. The Morgan fingerprint density at radius 3 is 2.50 bits per heavy atom.